The van der Waals surface area contributed by atoms with E-state index in [9.17, 15) is 0 Å². The van der Waals surface area contributed by atoms with Crippen LogP contribution in [0.1, 0.15) is 11.1 Å². The first kappa shape index (κ1) is 28.8. The summed E-state index contributed by atoms with van der Waals surface area (Å²) in [4.78, 5) is 15.0. The van der Waals surface area contributed by atoms with Crippen LogP contribution in [-0.4, -0.2) is 19.5 Å². The number of aryl methyl sites for hydroxylation is 2. The Hall–Kier alpha value is -5.64. The van der Waals surface area contributed by atoms with E-state index in [1.807, 2.05) is 127 Å². The smallest absolute Gasteiger partial charge is 0.238 e. The highest BCUT2D eigenvalue weighted by atomic mass is 31.2. The number of aromatic nitrogens is 4. The molecule has 0 atom stereocenters. The molecule has 0 radical (unpaired) electrons. The van der Waals surface area contributed by atoms with Crippen LogP contribution < -0.4 is 15.9 Å². The summed E-state index contributed by atoms with van der Waals surface area (Å²) in [5.41, 5.74) is 5.97. The minimum atomic E-state index is -3.21. The number of nitrogens with zero attached hydrogens (tertiary/aromatic N) is 4. The Morgan fingerprint density at radius 1 is 0.468 bits per heavy atom. The van der Waals surface area contributed by atoms with Crippen LogP contribution in [0.25, 0.3) is 50.5 Å². The van der Waals surface area contributed by atoms with Crippen molar-refractivity contribution >= 4 is 44.9 Å². The van der Waals surface area contributed by atoms with E-state index in [-0.39, 0.29) is 0 Å². The highest BCUT2D eigenvalue weighted by Crippen LogP contribution is 2.44. The summed E-state index contributed by atoms with van der Waals surface area (Å²) in [6.07, 6.45) is 0. The monoisotopic (exact) mass is 626 g/mol. The molecule has 0 unspecified atom stereocenters. The van der Waals surface area contributed by atoms with E-state index in [1.54, 1.807) is 0 Å². The second kappa shape index (κ2) is 11.6. The Kier molecular flexibility index (Phi) is 7.12. The molecule has 6 aromatic carbocycles. The second-order valence-corrected chi connectivity index (χ2v) is 14.6. The van der Waals surface area contributed by atoms with Gasteiger partial charge in [-0.3, -0.25) is 4.57 Å². The van der Waals surface area contributed by atoms with E-state index in [0.717, 1.165) is 60.0 Å². The lowest BCUT2D eigenvalue weighted by Gasteiger charge is -2.21. The zero-order valence-corrected chi connectivity index (χ0v) is 27.0. The summed E-state index contributed by atoms with van der Waals surface area (Å²) in [6.45, 7) is 4.10. The number of benzene rings is 6. The predicted molar refractivity (Wildman–Crippen MR) is 194 cm³/mol. The molecule has 6 heteroatoms. The van der Waals surface area contributed by atoms with Crippen molar-refractivity contribution < 1.29 is 4.57 Å². The molecule has 0 aliphatic rings. The third kappa shape index (κ3) is 5.06. The standard InChI is InChI=1S/C41H31N4OP/c1-28-17-21-32(22-18-28)47(46,33-23-19-29(2)20-24-33)34-25-26-38-36(27-34)35-15-9-10-16-37(35)45(38)41-43-39(30-11-5-3-6-12-30)42-40(44-41)31-13-7-4-8-14-31/h3-27H,1-2H3. The number of hydrogen-bond donors (Lipinski definition) is 0. The van der Waals surface area contributed by atoms with Gasteiger partial charge in [0.05, 0.1) is 11.0 Å². The Balaban J connectivity index is 1.39. The van der Waals surface area contributed by atoms with E-state index in [1.165, 1.54) is 0 Å². The van der Waals surface area contributed by atoms with Crippen LogP contribution in [-0.2, 0) is 4.57 Å². The topological polar surface area (TPSA) is 60.7 Å². The summed E-state index contributed by atoms with van der Waals surface area (Å²) in [5.74, 6) is 1.72. The van der Waals surface area contributed by atoms with Gasteiger partial charge in [0.25, 0.3) is 0 Å². The first-order chi connectivity index (χ1) is 23.0. The van der Waals surface area contributed by atoms with E-state index in [4.69, 9.17) is 15.0 Å². The molecule has 2 heterocycles. The van der Waals surface area contributed by atoms with Crippen molar-refractivity contribution in [2.75, 3.05) is 0 Å². The molecule has 0 saturated carbocycles. The maximum Gasteiger partial charge on any atom is 0.238 e. The Morgan fingerprint density at radius 3 is 1.49 bits per heavy atom. The molecule has 0 N–H and O–H groups in total. The molecule has 8 rings (SSSR count). The molecule has 226 valence electrons. The molecule has 0 spiro atoms. The largest absolute Gasteiger partial charge is 0.309 e. The predicted octanol–water partition coefficient (Wildman–Crippen LogP) is 8.56. The fourth-order valence-corrected chi connectivity index (χ4v) is 8.85. The summed E-state index contributed by atoms with van der Waals surface area (Å²) in [5, 5.41) is 4.43. The molecule has 0 aliphatic heterocycles. The zero-order valence-electron chi connectivity index (χ0n) is 26.1. The maximum absolute atomic E-state index is 15.5. The van der Waals surface area contributed by atoms with Crippen LogP contribution in [0.2, 0.25) is 0 Å². The molecule has 0 aliphatic carbocycles. The van der Waals surface area contributed by atoms with Crippen molar-refractivity contribution in [3.05, 3.63) is 163 Å². The van der Waals surface area contributed by atoms with Crippen LogP contribution >= 0.6 is 7.14 Å². The second-order valence-electron chi connectivity index (χ2n) is 11.8. The van der Waals surface area contributed by atoms with E-state index >= 15 is 4.57 Å². The van der Waals surface area contributed by atoms with Gasteiger partial charge in [-0.2, -0.15) is 9.97 Å². The Labute approximate surface area is 273 Å². The van der Waals surface area contributed by atoms with Crippen LogP contribution in [0.5, 0.6) is 0 Å². The zero-order chi connectivity index (χ0) is 32.0. The van der Waals surface area contributed by atoms with E-state index in [0.29, 0.717) is 17.6 Å². The molecule has 0 bridgehead atoms. The normalized spacial score (nSPS) is 11.7. The van der Waals surface area contributed by atoms with Gasteiger partial charge in [-0.15, -0.1) is 0 Å². The number of fused-ring (bicyclic) bond motifs is 3. The quantitative estimate of drug-likeness (QED) is 0.174. The average molecular weight is 627 g/mol. The lowest BCUT2D eigenvalue weighted by atomic mass is 10.1. The molecule has 47 heavy (non-hydrogen) atoms. The fourth-order valence-electron chi connectivity index (χ4n) is 6.23. The SMILES string of the molecule is Cc1ccc(P(=O)(c2ccc(C)cc2)c2ccc3c(c2)c2ccccc2n3-c2nc(-c3ccccc3)nc(-c3ccccc3)n2)cc1. The fraction of sp³-hybridized carbons (Fsp3) is 0.0488. The number of rotatable bonds is 6. The summed E-state index contributed by atoms with van der Waals surface area (Å²) >= 11 is 0. The van der Waals surface area contributed by atoms with E-state index < -0.39 is 7.14 Å². The Morgan fingerprint density at radius 2 is 0.936 bits per heavy atom. The first-order valence-corrected chi connectivity index (χ1v) is 17.4. The van der Waals surface area contributed by atoms with Crippen LogP contribution in [0.3, 0.4) is 0 Å². The van der Waals surface area contributed by atoms with Crippen LogP contribution in [0.4, 0.5) is 0 Å². The van der Waals surface area contributed by atoms with E-state index in [2.05, 4.69) is 42.7 Å². The Bertz CT molecular complexity index is 2330. The summed E-state index contributed by atoms with van der Waals surface area (Å²) in [7, 11) is -3.21. The van der Waals surface area contributed by atoms with Gasteiger partial charge in [-0.25, -0.2) is 4.98 Å². The minimum Gasteiger partial charge on any atom is -0.309 e. The highest BCUT2D eigenvalue weighted by molar-refractivity contribution is 7.85. The first-order valence-electron chi connectivity index (χ1n) is 15.6. The van der Waals surface area contributed by atoms with Gasteiger partial charge in [0.2, 0.25) is 5.95 Å². The van der Waals surface area contributed by atoms with Crippen molar-refractivity contribution in [2.45, 2.75) is 13.8 Å². The molecular weight excluding hydrogens is 595 g/mol. The lowest BCUT2D eigenvalue weighted by Crippen LogP contribution is -2.25. The molecule has 0 saturated heterocycles. The van der Waals surface area contributed by atoms with Crippen molar-refractivity contribution in [3.8, 4) is 28.7 Å². The summed E-state index contributed by atoms with van der Waals surface area (Å²) in [6, 6.07) is 50.6. The molecule has 8 aromatic rings. The number of hydrogen-bond acceptors (Lipinski definition) is 4. The third-order valence-electron chi connectivity index (χ3n) is 8.70. The average Bonchev–Trinajstić information content (AvgIpc) is 3.46. The third-order valence-corrected chi connectivity index (χ3v) is 11.8. The van der Waals surface area contributed by atoms with Gasteiger partial charge in [0.1, 0.15) is 0 Å². The van der Waals surface area contributed by atoms with Gasteiger partial charge in [-0.05, 0) is 38.1 Å². The minimum absolute atomic E-state index is 0.525. The van der Waals surface area contributed by atoms with Gasteiger partial charge >= 0.3 is 0 Å². The van der Waals surface area contributed by atoms with Crippen molar-refractivity contribution in [3.63, 3.8) is 0 Å². The molecular formula is C41H31N4OP. The van der Waals surface area contributed by atoms with Crippen LogP contribution in [0, 0.1) is 13.8 Å². The molecule has 0 fully saturated rings. The van der Waals surface area contributed by atoms with Gasteiger partial charge in [0, 0.05) is 37.8 Å². The van der Waals surface area contributed by atoms with Gasteiger partial charge in [0.15, 0.2) is 18.8 Å². The highest BCUT2D eigenvalue weighted by Gasteiger charge is 2.31. The number of para-hydroxylation sites is 1. The molecule has 0 amide bonds. The molecule has 2 aromatic heterocycles. The van der Waals surface area contributed by atoms with Crippen molar-refractivity contribution in [1.82, 2.24) is 19.5 Å². The summed E-state index contributed by atoms with van der Waals surface area (Å²) < 4.78 is 17.6. The van der Waals surface area contributed by atoms with Crippen LogP contribution in [0.15, 0.2) is 152 Å². The van der Waals surface area contributed by atoms with Gasteiger partial charge in [-0.1, -0.05) is 139 Å². The van der Waals surface area contributed by atoms with Crippen molar-refractivity contribution in [1.29, 1.82) is 0 Å². The molecule has 5 nitrogen and oxygen atoms in total. The van der Waals surface area contributed by atoms with Gasteiger partial charge < -0.3 is 4.57 Å². The van der Waals surface area contributed by atoms with Crippen molar-refractivity contribution in [2.24, 2.45) is 0 Å². The lowest BCUT2D eigenvalue weighted by molar-refractivity contribution is 0.592. The maximum atomic E-state index is 15.5.